The van der Waals surface area contributed by atoms with Gasteiger partial charge in [-0.2, -0.15) is 0 Å². The van der Waals surface area contributed by atoms with E-state index in [4.69, 9.17) is 9.47 Å². The van der Waals surface area contributed by atoms with Gasteiger partial charge in [-0.1, -0.05) is 6.58 Å². The van der Waals surface area contributed by atoms with Gasteiger partial charge in [-0.3, -0.25) is 0 Å². The van der Waals surface area contributed by atoms with Gasteiger partial charge in [0.05, 0.1) is 20.7 Å². The van der Waals surface area contributed by atoms with Gasteiger partial charge >= 0.3 is 5.97 Å². The van der Waals surface area contributed by atoms with Crippen LogP contribution in [0.4, 0.5) is 0 Å². The second kappa shape index (κ2) is 6.23. The first-order valence-electron chi connectivity index (χ1n) is 5.21. The molecule has 1 fully saturated rings. The van der Waals surface area contributed by atoms with Gasteiger partial charge < -0.3 is 26.4 Å². The lowest BCUT2D eigenvalue weighted by Crippen LogP contribution is -3.00. The molecule has 0 radical (unpaired) electrons. The number of rotatable bonds is 6. The van der Waals surface area contributed by atoms with Gasteiger partial charge in [0.15, 0.2) is 0 Å². The van der Waals surface area contributed by atoms with Crippen LogP contribution in [0.1, 0.15) is 6.92 Å². The van der Waals surface area contributed by atoms with Crippen molar-refractivity contribution in [3.05, 3.63) is 12.7 Å². The van der Waals surface area contributed by atoms with Crippen molar-refractivity contribution in [3.63, 3.8) is 0 Å². The van der Waals surface area contributed by atoms with Gasteiger partial charge in [-0.05, 0) is 6.92 Å². The zero-order chi connectivity index (χ0) is 11.5. The zero-order valence-electron chi connectivity index (χ0n) is 10.1. The van der Waals surface area contributed by atoms with E-state index in [0.29, 0.717) is 18.8 Å². The first kappa shape index (κ1) is 15.4. The molecule has 1 saturated heterocycles. The lowest BCUT2D eigenvalue weighted by molar-refractivity contribution is -0.913. The van der Waals surface area contributed by atoms with Gasteiger partial charge in [-0.25, -0.2) is 4.79 Å². The average molecular weight is 250 g/mol. The van der Waals surface area contributed by atoms with Crippen LogP contribution in [0.3, 0.4) is 0 Å². The summed E-state index contributed by atoms with van der Waals surface area (Å²) >= 11 is 0. The first-order chi connectivity index (χ1) is 6.97. The second-order valence-electron chi connectivity index (χ2n) is 4.49. The molecule has 2 atom stereocenters. The summed E-state index contributed by atoms with van der Waals surface area (Å²) in [7, 11) is 4.24. The lowest BCUT2D eigenvalue weighted by atomic mass is 10.2. The van der Waals surface area contributed by atoms with E-state index in [0.717, 1.165) is 17.6 Å². The average Bonchev–Trinajstić information content (AvgIpc) is 2.99. The maximum atomic E-state index is 10.8. The summed E-state index contributed by atoms with van der Waals surface area (Å²) in [6, 6.07) is 0.437. The molecule has 1 rings (SSSR count). The van der Waals surface area contributed by atoms with Crippen LogP contribution >= 0.6 is 0 Å². The van der Waals surface area contributed by atoms with Crippen LogP contribution in [-0.4, -0.2) is 56.5 Å². The first-order valence-corrected chi connectivity index (χ1v) is 5.21. The number of epoxide rings is 1. The van der Waals surface area contributed by atoms with E-state index < -0.39 is 0 Å². The van der Waals surface area contributed by atoms with E-state index in [9.17, 15) is 4.79 Å². The fourth-order valence-electron chi connectivity index (χ4n) is 1.43. The molecule has 1 aliphatic heterocycles. The van der Waals surface area contributed by atoms with Gasteiger partial charge in [-0.15, -0.1) is 0 Å². The van der Waals surface area contributed by atoms with Crippen molar-refractivity contribution in [2.45, 2.75) is 19.1 Å². The van der Waals surface area contributed by atoms with E-state index in [1.165, 1.54) is 6.08 Å². The minimum absolute atomic E-state index is 0. The van der Waals surface area contributed by atoms with Crippen molar-refractivity contribution in [1.29, 1.82) is 0 Å². The maximum Gasteiger partial charge on any atom is 0.330 e. The molecule has 16 heavy (non-hydrogen) atoms. The number of carbonyl (C=O) groups is 1. The van der Waals surface area contributed by atoms with Crippen molar-refractivity contribution in [1.82, 2.24) is 0 Å². The third-order valence-electron chi connectivity index (χ3n) is 3.08. The third kappa shape index (κ3) is 4.51. The minimum Gasteiger partial charge on any atom is -1.00 e. The molecule has 0 aliphatic carbocycles. The standard InChI is InChI=1S/C11H20NO3.ClH/c1-5-11(13)14-7-6-12(3,4)9(2)10-8-15-10;/h5,9-10H,1,6-8H2,2-4H3;1H/q+1;/p-1. The Kier molecular flexibility index (Phi) is 6.00. The molecule has 0 saturated carbocycles. The molecular formula is C11H20ClNO3. The van der Waals surface area contributed by atoms with Crippen molar-refractivity contribution in [2.75, 3.05) is 33.9 Å². The lowest BCUT2D eigenvalue weighted by Gasteiger charge is -2.35. The summed E-state index contributed by atoms with van der Waals surface area (Å²) in [5, 5.41) is 0. The van der Waals surface area contributed by atoms with Crippen LogP contribution in [0.25, 0.3) is 0 Å². The summed E-state index contributed by atoms with van der Waals surface area (Å²) in [4.78, 5) is 10.8. The maximum absolute atomic E-state index is 10.8. The highest BCUT2D eigenvalue weighted by Gasteiger charge is 2.39. The van der Waals surface area contributed by atoms with E-state index in [1.807, 2.05) is 0 Å². The molecule has 0 amide bonds. The van der Waals surface area contributed by atoms with Crippen LogP contribution in [-0.2, 0) is 14.3 Å². The molecular weight excluding hydrogens is 230 g/mol. The molecule has 94 valence electrons. The predicted octanol–water partition coefficient (Wildman–Crippen LogP) is -2.42. The molecule has 2 unspecified atom stereocenters. The summed E-state index contributed by atoms with van der Waals surface area (Å²) < 4.78 is 11.0. The smallest absolute Gasteiger partial charge is 0.330 e. The Bertz CT molecular complexity index is 252. The molecule has 4 nitrogen and oxygen atoms in total. The summed E-state index contributed by atoms with van der Waals surface area (Å²) in [5.41, 5.74) is 0. The molecule has 5 heteroatoms. The molecule has 0 bridgehead atoms. The number of nitrogens with zero attached hydrogens (tertiary/aromatic N) is 1. The second-order valence-corrected chi connectivity index (χ2v) is 4.49. The highest BCUT2D eigenvalue weighted by Crippen LogP contribution is 2.21. The number of likely N-dealkylation sites (N-methyl/N-ethyl adjacent to an activating group) is 1. The monoisotopic (exact) mass is 249 g/mol. The normalized spacial score (nSPS) is 20.6. The van der Waals surface area contributed by atoms with Crippen molar-refractivity contribution in [3.8, 4) is 0 Å². The summed E-state index contributed by atoms with van der Waals surface area (Å²) in [6.45, 7) is 7.58. The van der Waals surface area contributed by atoms with E-state index >= 15 is 0 Å². The van der Waals surface area contributed by atoms with Gasteiger partial charge in [0.1, 0.15) is 25.3 Å². The van der Waals surface area contributed by atoms with Crippen LogP contribution in [0.5, 0.6) is 0 Å². The van der Waals surface area contributed by atoms with E-state index in [1.54, 1.807) is 0 Å². The Morgan fingerprint density at radius 1 is 1.69 bits per heavy atom. The van der Waals surface area contributed by atoms with Crippen molar-refractivity contribution in [2.24, 2.45) is 0 Å². The highest BCUT2D eigenvalue weighted by atomic mass is 35.5. The number of ether oxygens (including phenoxy) is 2. The quantitative estimate of drug-likeness (QED) is 0.228. The number of hydrogen-bond acceptors (Lipinski definition) is 3. The number of quaternary nitrogens is 1. The van der Waals surface area contributed by atoms with Gasteiger partial charge in [0.2, 0.25) is 0 Å². The summed E-state index contributed by atoms with van der Waals surface area (Å²) in [6.07, 6.45) is 1.56. The fourth-order valence-corrected chi connectivity index (χ4v) is 1.43. The number of halogens is 1. The molecule has 1 aliphatic rings. The topological polar surface area (TPSA) is 38.8 Å². The zero-order valence-corrected chi connectivity index (χ0v) is 10.9. The highest BCUT2D eigenvalue weighted by molar-refractivity contribution is 5.81. The molecule has 0 spiro atoms. The van der Waals surface area contributed by atoms with Crippen molar-refractivity contribution >= 4 is 5.97 Å². The molecule has 0 N–H and O–H groups in total. The molecule has 0 aromatic carbocycles. The van der Waals surface area contributed by atoms with Crippen LogP contribution in [0.15, 0.2) is 12.7 Å². The van der Waals surface area contributed by atoms with Crippen LogP contribution < -0.4 is 12.4 Å². The Labute approximate surface area is 103 Å². The number of esters is 1. The fraction of sp³-hybridized carbons (Fsp3) is 0.727. The Morgan fingerprint density at radius 3 is 2.69 bits per heavy atom. The largest absolute Gasteiger partial charge is 1.00 e. The third-order valence-corrected chi connectivity index (χ3v) is 3.08. The minimum atomic E-state index is -0.356. The summed E-state index contributed by atoms with van der Waals surface area (Å²) in [5.74, 6) is -0.356. The number of hydrogen-bond donors (Lipinski definition) is 0. The molecule has 0 aromatic heterocycles. The van der Waals surface area contributed by atoms with E-state index in [-0.39, 0.29) is 18.4 Å². The number of carbonyl (C=O) groups excluding carboxylic acids is 1. The predicted molar refractivity (Wildman–Crippen MR) is 57.3 cm³/mol. The Morgan fingerprint density at radius 2 is 2.25 bits per heavy atom. The van der Waals surface area contributed by atoms with E-state index in [2.05, 4.69) is 27.6 Å². The van der Waals surface area contributed by atoms with Crippen LogP contribution in [0, 0.1) is 0 Å². The molecule has 1 heterocycles. The van der Waals surface area contributed by atoms with Gasteiger partial charge in [0, 0.05) is 6.08 Å². The molecule has 0 aromatic rings. The van der Waals surface area contributed by atoms with Crippen molar-refractivity contribution < 1.29 is 31.2 Å². The van der Waals surface area contributed by atoms with Gasteiger partial charge in [0.25, 0.3) is 0 Å². The Hall–Kier alpha value is -0.580. The Balaban J connectivity index is 0.00000225. The SMILES string of the molecule is C=CC(=O)OCC[N+](C)(C)C(C)C1CO1.[Cl-]. The van der Waals surface area contributed by atoms with Crippen LogP contribution in [0.2, 0.25) is 0 Å².